The molecule has 1 aliphatic carbocycles. The molecule has 3 rings (SSSR count). The van der Waals surface area contributed by atoms with Crippen LogP contribution in [0.1, 0.15) is 25.3 Å². The Morgan fingerprint density at radius 3 is 3.00 bits per heavy atom. The van der Waals surface area contributed by atoms with Gasteiger partial charge in [0.1, 0.15) is 5.82 Å². The first-order chi connectivity index (χ1) is 9.19. The van der Waals surface area contributed by atoms with Gasteiger partial charge in [0, 0.05) is 37.3 Å². The van der Waals surface area contributed by atoms with E-state index in [2.05, 4.69) is 27.1 Å². The van der Waals surface area contributed by atoms with Crippen LogP contribution in [0.3, 0.4) is 0 Å². The topological polar surface area (TPSA) is 61.3 Å². The second-order valence-electron chi connectivity index (χ2n) is 5.70. The van der Waals surface area contributed by atoms with Crippen molar-refractivity contribution < 1.29 is 5.11 Å². The Bertz CT molecular complexity index is 465. The number of hydrogen-bond acceptors (Lipinski definition) is 5. The molecule has 1 aromatic heterocycles. The maximum atomic E-state index is 10.0. The first-order valence-corrected chi connectivity index (χ1v) is 7.19. The summed E-state index contributed by atoms with van der Waals surface area (Å²) >= 11 is 0. The van der Waals surface area contributed by atoms with Crippen molar-refractivity contribution in [3.63, 3.8) is 0 Å². The standard InChI is InChI=1S/C14H22N4O/c1-3-15-14-16-6-9(2)13(17-14)18-7-10-4-5-12(19)11(10)8-18/h6,10-12,19H,3-5,7-8H2,1-2H3,(H,15,16,17). The van der Waals surface area contributed by atoms with Crippen molar-refractivity contribution in [1.29, 1.82) is 0 Å². The number of fused-ring (bicyclic) bond motifs is 1. The molecule has 0 spiro atoms. The van der Waals surface area contributed by atoms with E-state index in [4.69, 9.17) is 0 Å². The fourth-order valence-corrected chi connectivity index (χ4v) is 3.41. The molecule has 0 radical (unpaired) electrons. The number of rotatable bonds is 3. The van der Waals surface area contributed by atoms with Crippen molar-refractivity contribution in [2.75, 3.05) is 29.9 Å². The number of nitrogens with zero attached hydrogens (tertiary/aromatic N) is 3. The molecule has 0 amide bonds. The smallest absolute Gasteiger partial charge is 0.224 e. The van der Waals surface area contributed by atoms with Crippen LogP contribution < -0.4 is 10.2 Å². The highest BCUT2D eigenvalue weighted by molar-refractivity contribution is 5.50. The first-order valence-electron chi connectivity index (χ1n) is 7.19. The highest BCUT2D eigenvalue weighted by Gasteiger charge is 2.42. The Morgan fingerprint density at radius 2 is 2.26 bits per heavy atom. The summed E-state index contributed by atoms with van der Waals surface area (Å²) in [5.74, 6) is 2.78. The Hall–Kier alpha value is -1.36. The van der Waals surface area contributed by atoms with Crippen molar-refractivity contribution >= 4 is 11.8 Å². The maximum Gasteiger partial charge on any atom is 0.224 e. The minimum atomic E-state index is -0.120. The minimum absolute atomic E-state index is 0.120. The van der Waals surface area contributed by atoms with E-state index in [0.717, 1.165) is 43.9 Å². The van der Waals surface area contributed by atoms with E-state index in [1.165, 1.54) is 0 Å². The molecule has 1 aromatic rings. The van der Waals surface area contributed by atoms with Crippen molar-refractivity contribution in [2.24, 2.45) is 11.8 Å². The molecule has 104 valence electrons. The van der Waals surface area contributed by atoms with Crippen LogP contribution >= 0.6 is 0 Å². The highest BCUT2D eigenvalue weighted by Crippen LogP contribution is 2.40. The van der Waals surface area contributed by atoms with Crippen molar-refractivity contribution in [2.45, 2.75) is 32.8 Å². The lowest BCUT2D eigenvalue weighted by molar-refractivity contribution is 0.133. The fraction of sp³-hybridized carbons (Fsp3) is 0.714. The predicted octanol–water partition coefficient (Wildman–Crippen LogP) is 1.42. The highest BCUT2D eigenvalue weighted by atomic mass is 16.3. The van der Waals surface area contributed by atoms with Gasteiger partial charge in [-0.2, -0.15) is 4.98 Å². The SMILES string of the molecule is CCNc1ncc(C)c(N2CC3CCC(O)C3C2)n1. The molecule has 3 atom stereocenters. The lowest BCUT2D eigenvalue weighted by Crippen LogP contribution is -2.26. The fourth-order valence-electron chi connectivity index (χ4n) is 3.41. The van der Waals surface area contributed by atoms with Gasteiger partial charge in [0.2, 0.25) is 5.95 Å². The van der Waals surface area contributed by atoms with E-state index < -0.39 is 0 Å². The summed E-state index contributed by atoms with van der Waals surface area (Å²) in [5, 5.41) is 13.2. The van der Waals surface area contributed by atoms with E-state index in [-0.39, 0.29) is 6.10 Å². The number of nitrogens with one attached hydrogen (secondary N) is 1. The van der Waals surface area contributed by atoms with Crippen LogP contribution in [0.4, 0.5) is 11.8 Å². The Morgan fingerprint density at radius 1 is 1.42 bits per heavy atom. The van der Waals surface area contributed by atoms with Crippen LogP contribution in [0.2, 0.25) is 0 Å². The minimum Gasteiger partial charge on any atom is -0.393 e. The monoisotopic (exact) mass is 262 g/mol. The van der Waals surface area contributed by atoms with Crippen LogP contribution in [0.25, 0.3) is 0 Å². The predicted molar refractivity (Wildman–Crippen MR) is 75.4 cm³/mol. The Kier molecular flexibility index (Phi) is 3.31. The summed E-state index contributed by atoms with van der Waals surface area (Å²) < 4.78 is 0. The van der Waals surface area contributed by atoms with Gasteiger partial charge in [0.05, 0.1) is 6.10 Å². The van der Waals surface area contributed by atoms with Gasteiger partial charge >= 0.3 is 0 Å². The van der Waals surface area contributed by atoms with Crippen molar-refractivity contribution in [3.05, 3.63) is 11.8 Å². The van der Waals surface area contributed by atoms with Crippen LogP contribution in [-0.2, 0) is 0 Å². The van der Waals surface area contributed by atoms with Crippen molar-refractivity contribution in [3.8, 4) is 0 Å². The van der Waals surface area contributed by atoms with Gasteiger partial charge in [-0.1, -0.05) is 0 Å². The number of aryl methyl sites for hydroxylation is 1. The number of hydrogen-bond donors (Lipinski definition) is 2. The van der Waals surface area contributed by atoms with Crippen LogP contribution in [0.15, 0.2) is 6.20 Å². The maximum absolute atomic E-state index is 10.0. The van der Waals surface area contributed by atoms with Gasteiger partial charge in [-0.3, -0.25) is 0 Å². The van der Waals surface area contributed by atoms with Gasteiger partial charge in [-0.25, -0.2) is 4.98 Å². The van der Waals surface area contributed by atoms with Gasteiger partial charge < -0.3 is 15.3 Å². The summed E-state index contributed by atoms with van der Waals surface area (Å²) in [4.78, 5) is 11.2. The molecule has 1 saturated carbocycles. The number of aromatic nitrogens is 2. The number of aliphatic hydroxyl groups is 1. The Labute approximate surface area is 114 Å². The molecular formula is C14H22N4O. The molecule has 2 heterocycles. The van der Waals surface area contributed by atoms with E-state index in [0.29, 0.717) is 17.8 Å². The third-order valence-corrected chi connectivity index (χ3v) is 4.40. The second-order valence-corrected chi connectivity index (χ2v) is 5.70. The molecular weight excluding hydrogens is 240 g/mol. The first kappa shape index (κ1) is 12.7. The van der Waals surface area contributed by atoms with E-state index in [1.54, 1.807) is 0 Å². The zero-order valence-electron chi connectivity index (χ0n) is 11.6. The zero-order chi connectivity index (χ0) is 13.4. The zero-order valence-corrected chi connectivity index (χ0v) is 11.6. The van der Waals surface area contributed by atoms with E-state index in [9.17, 15) is 5.11 Å². The van der Waals surface area contributed by atoms with Crippen molar-refractivity contribution in [1.82, 2.24) is 9.97 Å². The normalized spacial score (nSPS) is 29.6. The summed E-state index contributed by atoms with van der Waals surface area (Å²) in [6, 6.07) is 0. The average molecular weight is 262 g/mol. The molecule has 0 aromatic carbocycles. The third kappa shape index (κ3) is 2.27. The molecule has 3 unspecified atom stereocenters. The third-order valence-electron chi connectivity index (χ3n) is 4.40. The molecule has 2 N–H and O–H groups in total. The molecule has 2 fully saturated rings. The van der Waals surface area contributed by atoms with Crippen LogP contribution in [0, 0.1) is 18.8 Å². The van der Waals surface area contributed by atoms with Gasteiger partial charge in [-0.15, -0.1) is 0 Å². The summed E-state index contributed by atoms with van der Waals surface area (Å²) in [6.07, 6.45) is 3.87. The largest absolute Gasteiger partial charge is 0.393 e. The van der Waals surface area contributed by atoms with Crippen LogP contribution in [0.5, 0.6) is 0 Å². The number of aliphatic hydroxyl groups excluding tert-OH is 1. The van der Waals surface area contributed by atoms with E-state index >= 15 is 0 Å². The molecule has 5 heteroatoms. The van der Waals surface area contributed by atoms with Gasteiger partial charge in [-0.05, 0) is 32.6 Å². The summed E-state index contributed by atoms with van der Waals surface area (Å²) in [6.45, 7) is 6.86. The molecule has 2 aliphatic rings. The Balaban J connectivity index is 1.81. The van der Waals surface area contributed by atoms with E-state index in [1.807, 2.05) is 13.1 Å². The summed E-state index contributed by atoms with van der Waals surface area (Å²) in [7, 11) is 0. The molecule has 19 heavy (non-hydrogen) atoms. The molecule has 5 nitrogen and oxygen atoms in total. The second kappa shape index (κ2) is 4.96. The molecule has 1 aliphatic heterocycles. The van der Waals surface area contributed by atoms with Crippen LogP contribution in [-0.4, -0.2) is 40.8 Å². The lowest BCUT2D eigenvalue weighted by atomic mass is 10.00. The van der Waals surface area contributed by atoms with Gasteiger partial charge in [0.15, 0.2) is 0 Å². The summed E-state index contributed by atoms with van der Waals surface area (Å²) in [5.41, 5.74) is 1.11. The molecule has 0 bridgehead atoms. The molecule has 1 saturated heterocycles. The average Bonchev–Trinajstić information content (AvgIpc) is 2.95. The quantitative estimate of drug-likeness (QED) is 0.863. The lowest BCUT2D eigenvalue weighted by Gasteiger charge is -2.21. The van der Waals surface area contributed by atoms with Gasteiger partial charge in [0.25, 0.3) is 0 Å². The number of anilines is 2.